The monoisotopic (exact) mass is 328 g/mol. The third kappa shape index (κ3) is 8.61. The molecule has 0 aliphatic heterocycles. The van der Waals surface area contributed by atoms with Crippen molar-refractivity contribution < 1.29 is 9.47 Å². The zero-order valence-corrected chi connectivity index (χ0v) is 15.9. The molecule has 0 radical (unpaired) electrons. The summed E-state index contributed by atoms with van der Waals surface area (Å²) in [6.45, 7) is 9.27. The number of hydrogen-bond acceptors (Lipinski definition) is 2. The van der Waals surface area contributed by atoms with E-state index in [4.69, 9.17) is 9.47 Å². The average molecular weight is 328 g/mol. The summed E-state index contributed by atoms with van der Waals surface area (Å²) >= 11 is 0. The van der Waals surface area contributed by atoms with Gasteiger partial charge >= 0.3 is 0 Å². The Hall–Kier alpha value is -1.96. The molecule has 0 unspecified atom stereocenters. The third-order valence-corrected chi connectivity index (χ3v) is 3.86. The lowest BCUT2D eigenvalue weighted by molar-refractivity contribution is 0.325. The first-order valence-electron chi connectivity index (χ1n) is 8.73. The van der Waals surface area contributed by atoms with Gasteiger partial charge in [-0.3, -0.25) is 0 Å². The first-order chi connectivity index (χ1) is 11.5. The molecule has 0 N–H and O–H groups in total. The number of methoxy groups -OCH3 is 1. The molecule has 1 rings (SSSR count). The van der Waals surface area contributed by atoms with Gasteiger partial charge in [0.1, 0.15) is 6.61 Å². The first-order valence-corrected chi connectivity index (χ1v) is 8.73. The maximum atomic E-state index is 5.78. The summed E-state index contributed by atoms with van der Waals surface area (Å²) in [5.74, 6) is 1.57. The van der Waals surface area contributed by atoms with Crippen LogP contribution in [-0.4, -0.2) is 13.7 Å². The summed E-state index contributed by atoms with van der Waals surface area (Å²) in [5, 5.41) is 0. The topological polar surface area (TPSA) is 18.5 Å². The minimum absolute atomic E-state index is 0.579. The van der Waals surface area contributed by atoms with Crippen LogP contribution in [0.15, 0.2) is 59.2 Å². The molecule has 0 amide bonds. The van der Waals surface area contributed by atoms with Crippen LogP contribution < -0.4 is 9.47 Å². The Morgan fingerprint density at radius 3 is 2.04 bits per heavy atom. The van der Waals surface area contributed by atoms with Gasteiger partial charge < -0.3 is 9.47 Å². The molecule has 0 saturated carbocycles. The molecule has 24 heavy (non-hydrogen) atoms. The highest BCUT2D eigenvalue weighted by Gasteiger charge is 2.00. The van der Waals surface area contributed by atoms with Gasteiger partial charge in [0, 0.05) is 0 Å². The van der Waals surface area contributed by atoms with Crippen LogP contribution in [0.25, 0.3) is 0 Å². The van der Waals surface area contributed by atoms with Gasteiger partial charge in [-0.05, 0) is 71.6 Å². The molecule has 0 aliphatic rings. The zero-order chi connectivity index (χ0) is 17.8. The van der Waals surface area contributed by atoms with Crippen LogP contribution in [0.3, 0.4) is 0 Å². The molecule has 132 valence electrons. The van der Waals surface area contributed by atoms with E-state index in [1.54, 1.807) is 7.11 Å². The van der Waals surface area contributed by atoms with Crippen LogP contribution in [0, 0.1) is 0 Å². The second-order valence-corrected chi connectivity index (χ2v) is 6.42. The fourth-order valence-electron chi connectivity index (χ4n) is 2.35. The Morgan fingerprint density at radius 1 is 0.833 bits per heavy atom. The van der Waals surface area contributed by atoms with Crippen molar-refractivity contribution in [3.63, 3.8) is 0 Å². The fourth-order valence-corrected chi connectivity index (χ4v) is 2.35. The minimum atomic E-state index is 0.579. The predicted octanol–water partition coefficient (Wildman–Crippen LogP) is 6.49. The quantitative estimate of drug-likeness (QED) is 0.457. The Labute approximate surface area is 147 Å². The Bertz CT molecular complexity index is 575. The van der Waals surface area contributed by atoms with E-state index >= 15 is 0 Å². The molecule has 0 fully saturated rings. The van der Waals surface area contributed by atoms with E-state index in [0.717, 1.165) is 37.2 Å². The number of para-hydroxylation sites is 2. The normalized spacial score (nSPS) is 12.0. The number of benzene rings is 1. The Morgan fingerprint density at radius 2 is 1.42 bits per heavy atom. The summed E-state index contributed by atoms with van der Waals surface area (Å²) < 4.78 is 11.1. The highest BCUT2D eigenvalue weighted by molar-refractivity contribution is 5.39. The van der Waals surface area contributed by atoms with E-state index < -0.39 is 0 Å². The van der Waals surface area contributed by atoms with E-state index in [9.17, 15) is 0 Å². The molecular formula is C22H32O2. The highest BCUT2D eigenvalue weighted by atomic mass is 16.5. The van der Waals surface area contributed by atoms with Crippen LogP contribution in [0.2, 0.25) is 0 Å². The molecule has 1 aromatic rings. The van der Waals surface area contributed by atoms with Gasteiger partial charge in [-0.2, -0.15) is 0 Å². The summed E-state index contributed by atoms with van der Waals surface area (Å²) in [7, 11) is 1.66. The molecular weight excluding hydrogens is 296 g/mol. The van der Waals surface area contributed by atoms with Crippen molar-refractivity contribution >= 4 is 0 Å². The molecule has 1 aromatic carbocycles. The molecule has 0 bridgehead atoms. The van der Waals surface area contributed by atoms with Gasteiger partial charge in [0.15, 0.2) is 11.5 Å². The van der Waals surface area contributed by atoms with Crippen LogP contribution in [0.5, 0.6) is 11.5 Å². The Kier molecular flexibility index (Phi) is 9.67. The maximum absolute atomic E-state index is 5.78. The van der Waals surface area contributed by atoms with Crippen molar-refractivity contribution in [2.75, 3.05) is 13.7 Å². The van der Waals surface area contributed by atoms with Gasteiger partial charge in [-0.15, -0.1) is 0 Å². The number of ether oxygens (including phenoxy) is 2. The molecule has 2 nitrogen and oxygen atoms in total. The Balaban J connectivity index is 2.33. The molecule has 0 aliphatic carbocycles. The number of allylic oxidation sites excluding steroid dienone is 5. The molecule has 0 saturated heterocycles. The molecule has 0 atom stereocenters. The van der Waals surface area contributed by atoms with Crippen molar-refractivity contribution in [2.45, 2.75) is 53.4 Å². The molecule has 0 spiro atoms. The lowest BCUT2D eigenvalue weighted by Crippen LogP contribution is -1.97. The minimum Gasteiger partial charge on any atom is -0.493 e. The van der Waals surface area contributed by atoms with Crippen molar-refractivity contribution in [3.05, 3.63) is 59.2 Å². The average Bonchev–Trinajstić information content (AvgIpc) is 2.55. The second-order valence-electron chi connectivity index (χ2n) is 6.42. The third-order valence-electron chi connectivity index (χ3n) is 3.86. The van der Waals surface area contributed by atoms with E-state index in [1.807, 2.05) is 24.3 Å². The van der Waals surface area contributed by atoms with E-state index in [1.165, 1.54) is 16.7 Å². The summed E-state index contributed by atoms with van der Waals surface area (Å²) in [6, 6.07) is 7.74. The zero-order valence-electron chi connectivity index (χ0n) is 15.9. The van der Waals surface area contributed by atoms with Crippen LogP contribution in [0.1, 0.15) is 53.4 Å². The van der Waals surface area contributed by atoms with E-state index in [2.05, 4.69) is 45.9 Å². The summed E-state index contributed by atoms with van der Waals surface area (Å²) in [4.78, 5) is 0. The van der Waals surface area contributed by atoms with E-state index in [-0.39, 0.29) is 0 Å². The van der Waals surface area contributed by atoms with Crippen molar-refractivity contribution in [1.82, 2.24) is 0 Å². The van der Waals surface area contributed by atoms with Gasteiger partial charge in [-0.25, -0.2) is 0 Å². The van der Waals surface area contributed by atoms with Gasteiger partial charge in [0.25, 0.3) is 0 Å². The van der Waals surface area contributed by atoms with Gasteiger partial charge in [-0.1, -0.05) is 41.0 Å². The molecule has 0 heterocycles. The lowest BCUT2D eigenvalue weighted by atomic mass is 10.1. The predicted molar refractivity (Wildman–Crippen MR) is 104 cm³/mol. The maximum Gasteiger partial charge on any atom is 0.161 e. The summed E-state index contributed by atoms with van der Waals surface area (Å²) in [5.41, 5.74) is 4.24. The second kappa shape index (κ2) is 11.6. The van der Waals surface area contributed by atoms with Crippen LogP contribution in [-0.2, 0) is 0 Å². The number of hydrogen-bond donors (Lipinski definition) is 0. The van der Waals surface area contributed by atoms with Gasteiger partial charge in [0.2, 0.25) is 0 Å². The SMILES string of the molecule is COc1ccccc1OCC=C(C)CCC=C(C)CCC=C(C)C. The van der Waals surface area contributed by atoms with Crippen LogP contribution in [0.4, 0.5) is 0 Å². The lowest BCUT2D eigenvalue weighted by Gasteiger charge is -2.09. The van der Waals surface area contributed by atoms with Crippen molar-refractivity contribution in [2.24, 2.45) is 0 Å². The molecule has 0 aromatic heterocycles. The standard InChI is InChI=1S/C22H32O2/c1-18(2)10-8-11-19(3)12-9-13-20(4)16-17-24-22-15-7-6-14-21(22)23-5/h6-7,10,12,14-16H,8-9,11,13,17H2,1-5H3. The van der Waals surface area contributed by atoms with Crippen LogP contribution >= 0.6 is 0 Å². The first kappa shape index (κ1) is 20.1. The van der Waals surface area contributed by atoms with Crippen molar-refractivity contribution in [1.29, 1.82) is 0 Å². The summed E-state index contributed by atoms with van der Waals surface area (Å²) in [6.07, 6.45) is 11.3. The fraction of sp³-hybridized carbons (Fsp3) is 0.455. The van der Waals surface area contributed by atoms with Gasteiger partial charge in [0.05, 0.1) is 7.11 Å². The van der Waals surface area contributed by atoms with Crippen molar-refractivity contribution in [3.8, 4) is 11.5 Å². The number of rotatable bonds is 10. The molecule has 2 heteroatoms. The largest absolute Gasteiger partial charge is 0.493 e. The smallest absolute Gasteiger partial charge is 0.161 e. The highest BCUT2D eigenvalue weighted by Crippen LogP contribution is 2.25. The van der Waals surface area contributed by atoms with E-state index in [0.29, 0.717) is 6.61 Å².